The molecule has 0 unspecified atom stereocenters. The number of hydrogen-bond acceptors (Lipinski definition) is 4. The van der Waals surface area contributed by atoms with Gasteiger partial charge in [0, 0.05) is 12.1 Å². The first-order valence-electron chi connectivity index (χ1n) is 9.69. The lowest BCUT2D eigenvalue weighted by Crippen LogP contribution is -2.46. The Kier molecular flexibility index (Phi) is 5.79. The van der Waals surface area contributed by atoms with Gasteiger partial charge >= 0.3 is 6.09 Å². The summed E-state index contributed by atoms with van der Waals surface area (Å²) in [5.74, 6) is -0.840. The van der Waals surface area contributed by atoms with Crippen molar-refractivity contribution < 1.29 is 18.7 Å². The number of benzene rings is 2. The predicted octanol–water partition coefficient (Wildman–Crippen LogP) is 4.48. The van der Waals surface area contributed by atoms with Crippen LogP contribution < -0.4 is 4.90 Å². The van der Waals surface area contributed by atoms with Crippen molar-refractivity contribution in [1.29, 1.82) is 5.26 Å². The number of anilines is 1. The van der Waals surface area contributed by atoms with Crippen molar-refractivity contribution in [3.8, 4) is 6.07 Å². The first-order valence-corrected chi connectivity index (χ1v) is 9.69. The van der Waals surface area contributed by atoms with Crippen LogP contribution >= 0.6 is 0 Å². The quantitative estimate of drug-likeness (QED) is 0.696. The molecule has 0 radical (unpaired) electrons. The summed E-state index contributed by atoms with van der Waals surface area (Å²) >= 11 is 0. The van der Waals surface area contributed by atoms with E-state index in [4.69, 9.17) is 10.00 Å². The van der Waals surface area contributed by atoms with Gasteiger partial charge in [-0.15, -0.1) is 0 Å². The summed E-state index contributed by atoms with van der Waals surface area (Å²) in [6.07, 6.45) is -0.494. The topological polar surface area (TPSA) is 73.6 Å². The molecule has 156 valence electrons. The van der Waals surface area contributed by atoms with E-state index in [1.54, 1.807) is 49.9 Å². The van der Waals surface area contributed by atoms with E-state index in [1.807, 2.05) is 13.0 Å². The maximum absolute atomic E-state index is 14.1. The van der Waals surface area contributed by atoms with Gasteiger partial charge in [-0.1, -0.05) is 12.1 Å². The molecule has 0 bridgehead atoms. The summed E-state index contributed by atoms with van der Waals surface area (Å²) < 4.78 is 19.6. The Morgan fingerprint density at radius 2 is 1.93 bits per heavy atom. The molecule has 0 spiro atoms. The average Bonchev–Trinajstić information content (AvgIpc) is 2.82. The summed E-state index contributed by atoms with van der Waals surface area (Å²) in [6, 6.07) is 12.2. The Morgan fingerprint density at radius 3 is 2.60 bits per heavy atom. The number of rotatable bonds is 1. The van der Waals surface area contributed by atoms with E-state index in [9.17, 15) is 14.0 Å². The van der Waals surface area contributed by atoms with Gasteiger partial charge in [-0.25, -0.2) is 9.18 Å². The van der Waals surface area contributed by atoms with Gasteiger partial charge in [-0.05, 0) is 63.6 Å². The van der Waals surface area contributed by atoms with Crippen molar-refractivity contribution in [2.45, 2.75) is 45.9 Å². The molecule has 2 aromatic carbocycles. The second-order valence-electron chi connectivity index (χ2n) is 8.34. The van der Waals surface area contributed by atoms with Crippen LogP contribution in [-0.4, -0.2) is 35.1 Å². The molecule has 0 aliphatic carbocycles. The van der Waals surface area contributed by atoms with E-state index in [2.05, 4.69) is 0 Å². The van der Waals surface area contributed by atoms with E-state index < -0.39 is 17.5 Å². The fourth-order valence-corrected chi connectivity index (χ4v) is 3.36. The van der Waals surface area contributed by atoms with Gasteiger partial charge in [0.25, 0.3) is 5.91 Å². The molecule has 7 heteroatoms. The van der Waals surface area contributed by atoms with Gasteiger partial charge in [0.1, 0.15) is 11.4 Å². The van der Waals surface area contributed by atoms with Gasteiger partial charge in [0.15, 0.2) is 0 Å². The molecule has 2 amide bonds. The fourth-order valence-electron chi connectivity index (χ4n) is 3.36. The first kappa shape index (κ1) is 21.3. The highest BCUT2D eigenvalue weighted by atomic mass is 19.1. The van der Waals surface area contributed by atoms with Crippen molar-refractivity contribution in [2.75, 3.05) is 11.4 Å². The van der Waals surface area contributed by atoms with Crippen molar-refractivity contribution in [1.82, 2.24) is 4.90 Å². The zero-order valence-electron chi connectivity index (χ0n) is 17.5. The van der Waals surface area contributed by atoms with Gasteiger partial charge in [0.05, 0.1) is 29.9 Å². The van der Waals surface area contributed by atoms with Crippen LogP contribution in [0.25, 0.3) is 0 Å². The lowest BCUT2D eigenvalue weighted by molar-refractivity contribution is 0.0167. The zero-order valence-corrected chi connectivity index (χ0v) is 17.5. The zero-order chi connectivity index (χ0) is 22.1. The maximum Gasteiger partial charge on any atom is 0.410 e. The molecule has 0 fully saturated rings. The van der Waals surface area contributed by atoms with Gasteiger partial charge in [-0.2, -0.15) is 5.26 Å². The summed E-state index contributed by atoms with van der Waals surface area (Å²) in [7, 11) is 0. The lowest BCUT2D eigenvalue weighted by Gasteiger charge is -2.31. The third-order valence-electron chi connectivity index (χ3n) is 4.77. The number of amides is 2. The molecular formula is C23H24FN3O3. The van der Waals surface area contributed by atoms with Crippen molar-refractivity contribution in [3.05, 3.63) is 65.0 Å². The summed E-state index contributed by atoms with van der Waals surface area (Å²) in [6.45, 7) is 7.52. The second-order valence-corrected chi connectivity index (χ2v) is 8.34. The molecule has 0 saturated heterocycles. The number of carbonyl (C=O) groups excluding carboxylic acids is 2. The second kappa shape index (κ2) is 8.15. The van der Waals surface area contributed by atoms with Crippen LogP contribution in [0.5, 0.6) is 0 Å². The Labute approximate surface area is 175 Å². The molecule has 1 aliphatic rings. The average molecular weight is 409 g/mol. The number of fused-ring (bicyclic) bond motifs is 1. The summed E-state index contributed by atoms with van der Waals surface area (Å²) in [4.78, 5) is 29.1. The smallest absolute Gasteiger partial charge is 0.410 e. The highest BCUT2D eigenvalue weighted by Crippen LogP contribution is 2.30. The summed E-state index contributed by atoms with van der Waals surface area (Å²) in [5, 5.41) is 9.14. The number of nitrogens with zero attached hydrogens (tertiary/aromatic N) is 3. The van der Waals surface area contributed by atoms with E-state index >= 15 is 0 Å². The normalized spacial score (nSPS) is 16.3. The third kappa shape index (κ3) is 4.60. The van der Waals surface area contributed by atoms with Crippen LogP contribution in [0, 0.1) is 17.1 Å². The third-order valence-corrected chi connectivity index (χ3v) is 4.77. The SMILES string of the molecule is C[C@H]1CN(C(=O)c2cccc(C#N)c2)c2cc(F)ccc2CN1C(=O)OC(C)(C)C. The molecule has 1 aliphatic heterocycles. The van der Waals surface area contributed by atoms with Crippen LogP contribution in [0.3, 0.4) is 0 Å². The Hall–Kier alpha value is -3.40. The highest BCUT2D eigenvalue weighted by Gasteiger charge is 2.34. The fraction of sp³-hybridized carbons (Fsp3) is 0.348. The molecular weight excluding hydrogens is 385 g/mol. The number of ether oxygens (including phenoxy) is 1. The van der Waals surface area contributed by atoms with Crippen LogP contribution in [0.15, 0.2) is 42.5 Å². The number of halogens is 1. The van der Waals surface area contributed by atoms with Crippen molar-refractivity contribution in [3.63, 3.8) is 0 Å². The minimum absolute atomic E-state index is 0.158. The van der Waals surface area contributed by atoms with E-state index in [0.717, 1.165) is 0 Å². The standard InChI is InChI=1S/C23H24FN3O3/c1-15-13-27(21(28)17-7-5-6-16(10-17)12-25)20-11-19(24)9-8-18(20)14-26(15)22(29)30-23(2,3)4/h5-11,15H,13-14H2,1-4H3/t15-/m0/s1. The highest BCUT2D eigenvalue weighted by molar-refractivity contribution is 6.07. The minimum atomic E-state index is -0.665. The molecule has 2 aromatic rings. The predicted molar refractivity (Wildman–Crippen MR) is 110 cm³/mol. The van der Waals surface area contributed by atoms with Gasteiger partial charge in [0.2, 0.25) is 0 Å². The van der Waals surface area contributed by atoms with Gasteiger partial charge < -0.3 is 9.64 Å². The number of carbonyl (C=O) groups is 2. The van der Waals surface area contributed by atoms with Gasteiger partial charge in [-0.3, -0.25) is 9.69 Å². The van der Waals surface area contributed by atoms with E-state index in [0.29, 0.717) is 22.4 Å². The van der Waals surface area contributed by atoms with Crippen LogP contribution in [0.1, 0.15) is 49.2 Å². The molecule has 0 saturated carbocycles. The molecule has 3 rings (SSSR count). The minimum Gasteiger partial charge on any atom is -0.444 e. The monoisotopic (exact) mass is 409 g/mol. The van der Waals surface area contributed by atoms with Crippen molar-refractivity contribution >= 4 is 17.7 Å². The lowest BCUT2D eigenvalue weighted by atomic mass is 10.1. The molecule has 0 aromatic heterocycles. The van der Waals surface area contributed by atoms with Crippen LogP contribution in [0.4, 0.5) is 14.9 Å². The maximum atomic E-state index is 14.1. The molecule has 1 heterocycles. The Bertz CT molecular complexity index is 1020. The Morgan fingerprint density at radius 1 is 1.20 bits per heavy atom. The van der Waals surface area contributed by atoms with Crippen LogP contribution in [0.2, 0.25) is 0 Å². The molecule has 0 N–H and O–H groups in total. The van der Waals surface area contributed by atoms with Crippen molar-refractivity contribution in [2.24, 2.45) is 0 Å². The summed E-state index contributed by atoms with van der Waals surface area (Å²) in [5.41, 5.74) is 1.06. The molecule has 1 atom stereocenters. The first-order chi connectivity index (χ1) is 14.1. The van der Waals surface area contributed by atoms with E-state index in [-0.39, 0.29) is 25.0 Å². The largest absolute Gasteiger partial charge is 0.444 e. The van der Waals surface area contributed by atoms with Crippen LogP contribution in [-0.2, 0) is 11.3 Å². The van der Waals surface area contributed by atoms with E-state index in [1.165, 1.54) is 23.1 Å². The number of nitriles is 1. The Balaban J connectivity index is 2.01. The molecule has 6 nitrogen and oxygen atoms in total. The number of hydrogen-bond donors (Lipinski definition) is 0. The molecule has 30 heavy (non-hydrogen) atoms.